The van der Waals surface area contributed by atoms with Crippen LogP contribution in [0.25, 0.3) is 0 Å². The zero-order valence-electron chi connectivity index (χ0n) is 6.98. The first kappa shape index (κ1) is 8.44. The lowest BCUT2D eigenvalue weighted by atomic mass is 9.94. The summed E-state index contributed by atoms with van der Waals surface area (Å²) in [4.78, 5) is 1.97. The maximum absolute atomic E-state index is 9.57. The lowest BCUT2D eigenvalue weighted by molar-refractivity contribution is -0.232. The van der Waals surface area contributed by atoms with E-state index in [4.69, 9.17) is 0 Å². The Bertz CT molecular complexity index is 181. The van der Waals surface area contributed by atoms with Gasteiger partial charge in [-0.1, -0.05) is 0 Å². The molecule has 2 unspecified atom stereocenters. The summed E-state index contributed by atoms with van der Waals surface area (Å²) in [5.74, 6) is -1.67. The molecule has 0 amide bonds. The topological polar surface area (TPSA) is 63.9 Å². The Hall–Kier alpha value is -0.160. The predicted molar refractivity (Wildman–Crippen MR) is 42.4 cm³/mol. The molecule has 0 radical (unpaired) electrons. The van der Waals surface area contributed by atoms with E-state index in [1.807, 2.05) is 4.90 Å². The minimum absolute atomic E-state index is 0.380. The molecule has 4 nitrogen and oxygen atoms in total. The van der Waals surface area contributed by atoms with E-state index in [0.717, 1.165) is 19.5 Å². The van der Waals surface area contributed by atoms with E-state index in [9.17, 15) is 15.3 Å². The van der Waals surface area contributed by atoms with Crippen LogP contribution >= 0.6 is 0 Å². The first-order valence-electron chi connectivity index (χ1n) is 4.48. The van der Waals surface area contributed by atoms with Crippen LogP contribution in [-0.2, 0) is 0 Å². The van der Waals surface area contributed by atoms with Crippen LogP contribution in [0.2, 0.25) is 0 Å². The quantitative estimate of drug-likeness (QED) is 0.407. The molecule has 0 bridgehead atoms. The molecule has 0 saturated carbocycles. The van der Waals surface area contributed by atoms with Crippen LogP contribution in [0, 0.1) is 0 Å². The molecule has 12 heavy (non-hydrogen) atoms. The summed E-state index contributed by atoms with van der Waals surface area (Å²) in [5, 5.41) is 28.6. The van der Waals surface area contributed by atoms with Gasteiger partial charge in [-0.25, -0.2) is 0 Å². The Balaban J connectivity index is 2.18. The van der Waals surface area contributed by atoms with Crippen molar-refractivity contribution in [3.63, 3.8) is 0 Å². The van der Waals surface area contributed by atoms with Gasteiger partial charge in [-0.05, 0) is 19.4 Å². The van der Waals surface area contributed by atoms with Crippen molar-refractivity contribution in [2.75, 3.05) is 13.1 Å². The van der Waals surface area contributed by atoms with Gasteiger partial charge in [-0.2, -0.15) is 0 Å². The van der Waals surface area contributed by atoms with Crippen LogP contribution in [0.1, 0.15) is 19.3 Å². The molecule has 2 aliphatic heterocycles. The van der Waals surface area contributed by atoms with E-state index < -0.39 is 17.9 Å². The Morgan fingerprint density at radius 3 is 2.67 bits per heavy atom. The maximum Gasteiger partial charge on any atom is 0.181 e. The normalized spacial score (nSPS) is 41.2. The Labute approximate surface area is 71.4 Å². The van der Waals surface area contributed by atoms with E-state index in [-0.39, 0.29) is 0 Å². The average Bonchev–Trinajstić information content (AvgIpc) is 2.32. The molecule has 2 rings (SSSR count). The largest absolute Gasteiger partial charge is 0.391 e. The summed E-state index contributed by atoms with van der Waals surface area (Å²) in [5.41, 5.74) is 0. The highest BCUT2D eigenvalue weighted by Crippen LogP contribution is 2.32. The molecule has 2 fully saturated rings. The number of aliphatic hydroxyl groups excluding tert-OH is 1. The van der Waals surface area contributed by atoms with Crippen molar-refractivity contribution >= 4 is 0 Å². The van der Waals surface area contributed by atoms with Gasteiger partial charge in [0.25, 0.3) is 0 Å². The van der Waals surface area contributed by atoms with Crippen molar-refractivity contribution < 1.29 is 15.3 Å². The minimum Gasteiger partial charge on any atom is -0.391 e. The van der Waals surface area contributed by atoms with E-state index in [1.165, 1.54) is 0 Å². The van der Waals surface area contributed by atoms with Gasteiger partial charge in [0.2, 0.25) is 0 Å². The van der Waals surface area contributed by atoms with Crippen LogP contribution in [0.15, 0.2) is 0 Å². The van der Waals surface area contributed by atoms with Gasteiger partial charge in [0.15, 0.2) is 5.79 Å². The number of nitrogens with zero attached hydrogens (tertiary/aromatic N) is 1. The molecule has 4 heteroatoms. The summed E-state index contributed by atoms with van der Waals surface area (Å²) in [7, 11) is 0. The Kier molecular flexibility index (Phi) is 1.88. The third-order valence-corrected chi connectivity index (χ3v) is 2.93. The molecule has 3 N–H and O–H groups in total. The SMILES string of the molecule is OC1CCN2CCCC(O)(O)C12. The second-order valence-electron chi connectivity index (χ2n) is 3.82. The van der Waals surface area contributed by atoms with Crippen LogP contribution in [0.4, 0.5) is 0 Å². The molecule has 2 heterocycles. The summed E-state index contributed by atoms with van der Waals surface area (Å²) in [6.07, 6.45) is 1.27. The Morgan fingerprint density at radius 2 is 2.00 bits per heavy atom. The van der Waals surface area contributed by atoms with Crippen LogP contribution in [0.5, 0.6) is 0 Å². The van der Waals surface area contributed by atoms with E-state index in [0.29, 0.717) is 12.8 Å². The van der Waals surface area contributed by atoms with Crippen molar-refractivity contribution in [2.24, 2.45) is 0 Å². The van der Waals surface area contributed by atoms with Gasteiger partial charge in [-0.15, -0.1) is 0 Å². The van der Waals surface area contributed by atoms with Crippen molar-refractivity contribution in [1.82, 2.24) is 4.90 Å². The minimum atomic E-state index is -1.67. The van der Waals surface area contributed by atoms with Gasteiger partial charge < -0.3 is 15.3 Å². The number of fused-ring (bicyclic) bond motifs is 1. The van der Waals surface area contributed by atoms with Gasteiger partial charge in [0.1, 0.15) is 0 Å². The monoisotopic (exact) mass is 173 g/mol. The highest BCUT2D eigenvalue weighted by Gasteiger charge is 2.48. The fraction of sp³-hybridized carbons (Fsp3) is 1.00. The zero-order chi connectivity index (χ0) is 8.77. The second kappa shape index (κ2) is 2.67. The number of hydrogen-bond acceptors (Lipinski definition) is 4. The molecule has 2 saturated heterocycles. The smallest absolute Gasteiger partial charge is 0.181 e. The fourth-order valence-corrected chi connectivity index (χ4v) is 2.38. The molecule has 0 aromatic heterocycles. The molecule has 0 aliphatic carbocycles. The second-order valence-corrected chi connectivity index (χ2v) is 3.82. The summed E-state index contributed by atoms with van der Waals surface area (Å²) in [6, 6.07) is -0.453. The van der Waals surface area contributed by atoms with Gasteiger partial charge in [0.05, 0.1) is 12.1 Å². The lowest BCUT2D eigenvalue weighted by Crippen LogP contribution is -2.57. The summed E-state index contributed by atoms with van der Waals surface area (Å²) in [6.45, 7) is 1.67. The van der Waals surface area contributed by atoms with Crippen LogP contribution < -0.4 is 0 Å². The van der Waals surface area contributed by atoms with Crippen molar-refractivity contribution in [3.05, 3.63) is 0 Å². The molecule has 0 aromatic rings. The molecular formula is C8H15NO3. The third kappa shape index (κ3) is 1.15. The van der Waals surface area contributed by atoms with Gasteiger partial charge in [0, 0.05) is 13.0 Å². The summed E-state index contributed by atoms with van der Waals surface area (Å²) < 4.78 is 0. The van der Waals surface area contributed by atoms with E-state index >= 15 is 0 Å². The van der Waals surface area contributed by atoms with Crippen LogP contribution in [0.3, 0.4) is 0 Å². The van der Waals surface area contributed by atoms with E-state index in [2.05, 4.69) is 0 Å². The first-order valence-corrected chi connectivity index (χ1v) is 4.48. The number of piperidine rings is 1. The molecule has 2 atom stereocenters. The highest BCUT2D eigenvalue weighted by atomic mass is 16.5. The molecular weight excluding hydrogens is 158 g/mol. The molecule has 0 spiro atoms. The van der Waals surface area contributed by atoms with Crippen molar-refractivity contribution in [1.29, 1.82) is 0 Å². The maximum atomic E-state index is 9.57. The zero-order valence-corrected chi connectivity index (χ0v) is 6.98. The van der Waals surface area contributed by atoms with E-state index in [1.54, 1.807) is 0 Å². The number of hydrogen-bond donors (Lipinski definition) is 3. The predicted octanol–water partition coefficient (Wildman–Crippen LogP) is -1.10. The number of aliphatic hydroxyl groups is 3. The number of rotatable bonds is 0. The fourth-order valence-electron chi connectivity index (χ4n) is 2.38. The molecule has 70 valence electrons. The molecule has 2 aliphatic rings. The van der Waals surface area contributed by atoms with Gasteiger partial charge >= 0.3 is 0 Å². The van der Waals surface area contributed by atoms with Crippen molar-refractivity contribution in [2.45, 2.75) is 37.2 Å². The third-order valence-electron chi connectivity index (χ3n) is 2.93. The van der Waals surface area contributed by atoms with Crippen molar-refractivity contribution in [3.8, 4) is 0 Å². The highest BCUT2D eigenvalue weighted by molar-refractivity contribution is 4.98. The first-order chi connectivity index (χ1) is 5.61. The standard InChI is InChI=1S/C8H15NO3/c10-6-2-5-9-4-1-3-8(11,12)7(6)9/h6-7,10-12H,1-5H2. The van der Waals surface area contributed by atoms with Crippen LogP contribution in [-0.4, -0.2) is 51.2 Å². The average molecular weight is 173 g/mol. The Morgan fingerprint density at radius 1 is 1.25 bits per heavy atom. The van der Waals surface area contributed by atoms with Gasteiger partial charge in [-0.3, -0.25) is 4.90 Å². The molecule has 0 aromatic carbocycles. The lowest BCUT2D eigenvalue weighted by Gasteiger charge is -2.40. The summed E-state index contributed by atoms with van der Waals surface area (Å²) >= 11 is 0.